The maximum atomic E-state index is 13.5. The number of nitrogens with two attached hydrogens (primary N) is 1. The van der Waals surface area contributed by atoms with Gasteiger partial charge in [0.15, 0.2) is 14.2 Å². The summed E-state index contributed by atoms with van der Waals surface area (Å²) < 4.78 is 11.9. The number of carbonyl (C=O) groups is 1. The number of hydrogen-bond acceptors (Lipinski definition) is 6. The lowest BCUT2D eigenvalue weighted by molar-refractivity contribution is -0.134. The van der Waals surface area contributed by atoms with Gasteiger partial charge in [-0.05, 0) is 31.0 Å². The van der Waals surface area contributed by atoms with Crippen LogP contribution in [0.25, 0.3) is 0 Å². The van der Waals surface area contributed by atoms with Crippen molar-refractivity contribution in [3.8, 4) is 0 Å². The Balaban J connectivity index is 2.31. The van der Waals surface area contributed by atoms with E-state index in [0.29, 0.717) is 18.7 Å². The summed E-state index contributed by atoms with van der Waals surface area (Å²) in [5.41, 5.74) is 6.69. The van der Waals surface area contributed by atoms with E-state index < -0.39 is 20.3 Å². The van der Waals surface area contributed by atoms with Crippen molar-refractivity contribution in [2.45, 2.75) is 84.2 Å². The molecule has 0 saturated carbocycles. The van der Waals surface area contributed by atoms with Gasteiger partial charge in [0.25, 0.3) is 0 Å². The van der Waals surface area contributed by atoms with Crippen molar-refractivity contribution in [1.82, 2.24) is 10.1 Å². The predicted molar refractivity (Wildman–Crippen MR) is 114 cm³/mol. The topological polar surface area (TPSA) is 114 Å². The van der Waals surface area contributed by atoms with E-state index in [9.17, 15) is 10.0 Å². The summed E-state index contributed by atoms with van der Waals surface area (Å²) >= 11 is 0. The molecular weight excluding hydrogens is 388 g/mol. The van der Waals surface area contributed by atoms with Crippen LogP contribution in [-0.4, -0.2) is 54.0 Å². The van der Waals surface area contributed by atoms with E-state index in [1.165, 1.54) is 0 Å². The minimum absolute atomic E-state index is 0.00292. The standard InChI is InChI=1S/C20H36N4O4Si/c1-12(2)17(16-9-13(3)23-27-16)19(25)24-11-14(10-15(24)18(21)22-26)28-29(7,8)20(4,5)6/h9,12,14-15,17,26H,10-11H2,1-8H3,(H2,21,22)/t14?,15-,17?/m0/s1. The zero-order valence-electron chi connectivity index (χ0n) is 18.9. The SMILES string of the molecule is Cc1cc(C(C(=O)N2CC(O[Si](C)(C)C(C)(C)C)C[C@H]2/C(N)=N/O)C(C)C)on1. The molecule has 1 aromatic rings. The second-order valence-corrected chi connectivity index (χ2v) is 14.6. The van der Waals surface area contributed by atoms with Crippen LogP contribution in [0.2, 0.25) is 18.1 Å². The molecule has 29 heavy (non-hydrogen) atoms. The minimum atomic E-state index is -2.03. The minimum Gasteiger partial charge on any atom is -0.412 e. The summed E-state index contributed by atoms with van der Waals surface area (Å²) in [6, 6.07) is 1.29. The van der Waals surface area contributed by atoms with E-state index in [-0.39, 0.29) is 28.8 Å². The number of nitrogens with zero attached hydrogens (tertiary/aromatic N) is 3. The molecule has 3 atom stereocenters. The summed E-state index contributed by atoms with van der Waals surface area (Å²) in [5, 5.41) is 16.4. The number of amides is 1. The molecule has 1 aliphatic rings. The Morgan fingerprint density at radius 2 is 2.07 bits per heavy atom. The smallest absolute Gasteiger partial charge is 0.234 e. The third kappa shape index (κ3) is 5.00. The number of amidine groups is 1. The zero-order chi connectivity index (χ0) is 22.1. The van der Waals surface area contributed by atoms with E-state index in [0.717, 1.165) is 5.69 Å². The zero-order valence-corrected chi connectivity index (χ0v) is 19.9. The highest BCUT2D eigenvalue weighted by Crippen LogP contribution is 2.39. The Kier molecular flexibility index (Phi) is 6.84. The largest absolute Gasteiger partial charge is 0.412 e. The first-order valence-corrected chi connectivity index (χ1v) is 13.1. The van der Waals surface area contributed by atoms with Crippen LogP contribution in [0, 0.1) is 12.8 Å². The van der Waals surface area contributed by atoms with Crippen molar-refractivity contribution in [2.24, 2.45) is 16.8 Å². The van der Waals surface area contributed by atoms with Gasteiger partial charge >= 0.3 is 0 Å². The number of likely N-dealkylation sites (tertiary alicyclic amines) is 1. The summed E-state index contributed by atoms with van der Waals surface area (Å²) in [6.07, 6.45) is 0.350. The van der Waals surface area contributed by atoms with Crippen molar-refractivity contribution in [2.75, 3.05) is 6.54 Å². The van der Waals surface area contributed by atoms with Crippen LogP contribution >= 0.6 is 0 Å². The van der Waals surface area contributed by atoms with Gasteiger partial charge in [-0.1, -0.05) is 44.9 Å². The predicted octanol–water partition coefficient (Wildman–Crippen LogP) is 3.46. The fourth-order valence-corrected chi connectivity index (χ4v) is 4.87. The molecule has 1 amide bonds. The highest BCUT2D eigenvalue weighted by atomic mass is 28.4. The lowest BCUT2D eigenvalue weighted by Gasteiger charge is -2.38. The molecule has 8 nitrogen and oxygen atoms in total. The molecule has 1 fully saturated rings. The van der Waals surface area contributed by atoms with Gasteiger partial charge in [-0.15, -0.1) is 0 Å². The number of hydrogen-bond donors (Lipinski definition) is 2. The molecule has 164 valence electrons. The molecule has 0 aromatic carbocycles. The normalized spacial score (nSPS) is 22.4. The maximum absolute atomic E-state index is 13.5. The Bertz CT molecular complexity index is 754. The fourth-order valence-electron chi connectivity index (χ4n) is 3.51. The van der Waals surface area contributed by atoms with Crippen molar-refractivity contribution in [3.63, 3.8) is 0 Å². The average Bonchev–Trinajstić information content (AvgIpc) is 3.19. The molecule has 1 aromatic heterocycles. The Hall–Kier alpha value is -1.87. The van der Waals surface area contributed by atoms with Crippen molar-refractivity contribution >= 4 is 20.1 Å². The first kappa shape index (κ1) is 23.4. The summed E-state index contributed by atoms with van der Waals surface area (Å²) in [5.74, 6) is -0.0421. The van der Waals surface area contributed by atoms with E-state index in [1.54, 1.807) is 11.0 Å². The third-order valence-electron chi connectivity index (χ3n) is 6.16. The molecule has 1 aliphatic heterocycles. The Morgan fingerprint density at radius 3 is 2.52 bits per heavy atom. The number of oxime groups is 1. The van der Waals surface area contributed by atoms with Gasteiger partial charge < -0.3 is 24.8 Å². The van der Waals surface area contributed by atoms with Crippen LogP contribution in [-0.2, 0) is 9.22 Å². The first-order chi connectivity index (χ1) is 13.3. The van der Waals surface area contributed by atoms with Gasteiger partial charge in [-0.3, -0.25) is 4.79 Å². The van der Waals surface area contributed by atoms with E-state index in [1.807, 2.05) is 20.8 Å². The second kappa shape index (κ2) is 8.47. The van der Waals surface area contributed by atoms with Gasteiger partial charge in [0, 0.05) is 19.0 Å². The number of aryl methyl sites for hydroxylation is 1. The molecule has 1 saturated heterocycles. The molecule has 2 heterocycles. The average molecular weight is 425 g/mol. The van der Waals surface area contributed by atoms with Crippen LogP contribution in [0.5, 0.6) is 0 Å². The van der Waals surface area contributed by atoms with Gasteiger partial charge in [0.05, 0.1) is 17.8 Å². The fraction of sp³-hybridized carbons (Fsp3) is 0.750. The van der Waals surface area contributed by atoms with Crippen LogP contribution in [0.1, 0.15) is 58.4 Å². The molecule has 2 unspecified atom stereocenters. The first-order valence-electron chi connectivity index (χ1n) is 10.2. The monoisotopic (exact) mass is 424 g/mol. The van der Waals surface area contributed by atoms with Crippen molar-refractivity contribution in [1.29, 1.82) is 0 Å². The molecule has 0 aliphatic carbocycles. The van der Waals surface area contributed by atoms with Crippen LogP contribution in [0.15, 0.2) is 15.7 Å². The molecule has 2 rings (SSSR count). The van der Waals surface area contributed by atoms with E-state index >= 15 is 0 Å². The molecular formula is C20H36N4O4Si. The summed E-state index contributed by atoms with van der Waals surface area (Å²) in [4.78, 5) is 15.2. The third-order valence-corrected chi connectivity index (χ3v) is 10.7. The maximum Gasteiger partial charge on any atom is 0.234 e. The molecule has 9 heteroatoms. The lowest BCUT2D eigenvalue weighted by atomic mass is 9.91. The summed E-state index contributed by atoms with van der Waals surface area (Å²) in [7, 11) is -2.03. The Morgan fingerprint density at radius 1 is 1.45 bits per heavy atom. The van der Waals surface area contributed by atoms with Crippen LogP contribution < -0.4 is 5.73 Å². The summed E-state index contributed by atoms with van der Waals surface area (Å²) in [6.45, 7) is 17.1. The van der Waals surface area contributed by atoms with E-state index in [2.05, 4.69) is 44.2 Å². The van der Waals surface area contributed by atoms with E-state index in [4.69, 9.17) is 14.7 Å². The highest BCUT2D eigenvalue weighted by molar-refractivity contribution is 6.74. The second-order valence-electron chi connectivity index (χ2n) is 9.86. The lowest BCUT2D eigenvalue weighted by Crippen LogP contribution is -2.47. The Labute approximate surface area is 174 Å². The van der Waals surface area contributed by atoms with Crippen molar-refractivity contribution in [3.05, 3.63) is 17.5 Å². The van der Waals surface area contributed by atoms with Crippen LogP contribution in [0.3, 0.4) is 0 Å². The quantitative estimate of drug-likeness (QED) is 0.238. The van der Waals surface area contributed by atoms with Gasteiger partial charge in [-0.2, -0.15) is 0 Å². The molecule has 0 bridgehead atoms. The molecule has 3 N–H and O–H groups in total. The van der Waals surface area contributed by atoms with Gasteiger partial charge in [0.1, 0.15) is 11.7 Å². The van der Waals surface area contributed by atoms with Crippen LogP contribution in [0.4, 0.5) is 0 Å². The molecule has 0 radical (unpaired) electrons. The van der Waals surface area contributed by atoms with Gasteiger partial charge in [-0.25, -0.2) is 0 Å². The molecule has 0 spiro atoms. The number of rotatable bonds is 6. The number of carbonyl (C=O) groups excluding carboxylic acids is 1. The van der Waals surface area contributed by atoms with Crippen molar-refractivity contribution < 1.29 is 19.0 Å². The highest BCUT2D eigenvalue weighted by Gasteiger charge is 2.46. The van der Waals surface area contributed by atoms with Gasteiger partial charge in [0.2, 0.25) is 5.91 Å². The number of aromatic nitrogens is 1.